The van der Waals surface area contributed by atoms with E-state index >= 15 is 0 Å². The van der Waals surface area contributed by atoms with Gasteiger partial charge >= 0.3 is 110 Å². The van der Waals surface area contributed by atoms with Crippen molar-refractivity contribution in [1.29, 1.82) is 0 Å². The van der Waals surface area contributed by atoms with E-state index in [1.165, 1.54) is 31.9 Å². The minimum absolute atomic E-state index is 0.442. The number of hydrogen-bond donors (Lipinski definition) is 0. The second-order valence-electron chi connectivity index (χ2n) is 8.38. The zero-order chi connectivity index (χ0) is 26.7. The minimum atomic E-state index is -1.96. The van der Waals surface area contributed by atoms with Gasteiger partial charge in [-0.2, -0.15) is 0 Å². The van der Waals surface area contributed by atoms with Crippen LogP contribution in [0.4, 0.5) is 0 Å². The van der Waals surface area contributed by atoms with Crippen LogP contribution in [0.2, 0.25) is 0 Å². The zero-order valence-corrected chi connectivity index (χ0v) is 24.6. The first kappa shape index (κ1) is 28.0. The number of hydrogen-bond acceptors (Lipinski definition) is 1. The molecule has 6 rings (SSSR count). The third-order valence-corrected chi connectivity index (χ3v) is 17.2. The van der Waals surface area contributed by atoms with E-state index in [0.717, 1.165) is 0 Å². The molecule has 0 bridgehead atoms. The van der Waals surface area contributed by atoms with Crippen LogP contribution in [0.15, 0.2) is 146 Å². The fraction of sp³-hybridized carbons (Fsp3) is 0. The molecule has 1 amide bonds. The van der Waals surface area contributed by atoms with E-state index in [-0.39, 0.29) is 0 Å². The zero-order valence-electron chi connectivity index (χ0n) is 20.5. The van der Waals surface area contributed by atoms with Gasteiger partial charge in [0, 0.05) is 0 Å². The van der Waals surface area contributed by atoms with Gasteiger partial charge in [-0.1, -0.05) is 66.7 Å². The van der Waals surface area contributed by atoms with Gasteiger partial charge in [0.15, 0.2) is 0 Å². The summed E-state index contributed by atoms with van der Waals surface area (Å²) in [4.78, 5) is 10.3. The molecular formula is C32H25Cl2NOSiTi-2. The Labute approximate surface area is 237 Å². The molecular weight excluding hydrogens is 561 g/mol. The second-order valence-corrected chi connectivity index (χ2v) is 22.0. The average molecular weight is 586 g/mol. The predicted octanol–water partition coefficient (Wildman–Crippen LogP) is 8.31. The van der Waals surface area contributed by atoms with Crippen LogP contribution in [0.5, 0.6) is 0 Å². The molecule has 6 aromatic carbocycles. The van der Waals surface area contributed by atoms with Crippen LogP contribution in [-0.4, -0.2) is 12.1 Å². The fourth-order valence-corrected chi connectivity index (χ4v) is 14.9. The van der Waals surface area contributed by atoms with Crippen LogP contribution in [0, 0.1) is 0 Å². The normalized spacial score (nSPS) is 10.1. The number of fused-ring (bicyclic) bond motifs is 3. The number of carbonyl (C=O) groups is 1. The molecule has 188 valence electrons. The summed E-state index contributed by atoms with van der Waals surface area (Å²) in [6.07, 6.45) is -0.919. The van der Waals surface area contributed by atoms with Crippen molar-refractivity contribution in [3.05, 3.63) is 157 Å². The number of nitrogens with one attached hydrogen (secondary N) is 1. The maximum Gasteiger partial charge on any atom is 0.0796 e. The van der Waals surface area contributed by atoms with Crippen molar-refractivity contribution in [2.75, 3.05) is 0 Å². The molecule has 1 N–H and O–H groups in total. The van der Waals surface area contributed by atoms with E-state index in [2.05, 4.69) is 103 Å². The van der Waals surface area contributed by atoms with Crippen LogP contribution >= 0.6 is 18.6 Å². The number of amides is 1. The SMILES string of the molecule is [Cl][Ti]([Cl])=[Si](c1ccccc1)c1ccccc1.[NH-]C(=O)c1ccccc1.c1ccc2c(c1)[cH-]c1ccccc12. The molecule has 0 aliphatic rings. The molecule has 2 nitrogen and oxygen atoms in total. The fourth-order valence-electron chi connectivity index (χ4n) is 4.09. The molecule has 0 saturated carbocycles. The summed E-state index contributed by atoms with van der Waals surface area (Å²) in [7, 11) is 12.6. The first-order valence-electron chi connectivity index (χ1n) is 12.0. The standard InChI is InChI=1S/C13H9.C12H10Si.C7H7NO.2ClH.Ti/c1-3-7-12-10(5-1)9-11-6-2-4-8-13(11)12;1-3-7-11(8-4-1)13-12-9-5-2-6-10-12;8-7(9)6-4-2-1-3-5-6;;;/h1-9H;1-10H;1-5H,(H2,8,9);2*1H;/q-1;;;;;+2/p-3. The third kappa shape index (κ3) is 7.50. The summed E-state index contributed by atoms with van der Waals surface area (Å²) in [5.41, 5.74) is 7.12. The minimum Gasteiger partial charge on any atom is -0.664 e. The van der Waals surface area contributed by atoms with Crippen molar-refractivity contribution in [1.82, 2.24) is 0 Å². The maximum atomic E-state index is 10.3. The van der Waals surface area contributed by atoms with Gasteiger partial charge in [-0.25, -0.2) is 0 Å². The van der Waals surface area contributed by atoms with E-state index < -0.39 is 26.6 Å². The maximum absolute atomic E-state index is 10.3. The van der Waals surface area contributed by atoms with Gasteiger partial charge in [-0.05, 0) is 5.56 Å². The van der Waals surface area contributed by atoms with Crippen molar-refractivity contribution in [3.63, 3.8) is 0 Å². The molecule has 0 spiro atoms. The number of carbonyl (C=O) groups excluding carboxylic acids is 1. The summed E-state index contributed by atoms with van der Waals surface area (Å²) in [5.74, 6) is -0.629. The largest absolute Gasteiger partial charge is 0.664 e. The van der Waals surface area contributed by atoms with Crippen molar-refractivity contribution in [2.45, 2.75) is 0 Å². The van der Waals surface area contributed by atoms with E-state index in [1.807, 2.05) is 18.2 Å². The van der Waals surface area contributed by atoms with Crippen molar-refractivity contribution < 1.29 is 19.3 Å². The van der Waals surface area contributed by atoms with Crippen LogP contribution in [-0.2, 0) is 14.5 Å². The molecule has 6 heteroatoms. The van der Waals surface area contributed by atoms with Crippen LogP contribution in [0.3, 0.4) is 0 Å². The van der Waals surface area contributed by atoms with E-state index in [0.29, 0.717) is 5.56 Å². The van der Waals surface area contributed by atoms with Crippen LogP contribution in [0.25, 0.3) is 27.3 Å². The van der Waals surface area contributed by atoms with Crippen LogP contribution < -0.4 is 10.4 Å². The van der Waals surface area contributed by atoms with Gasteiger partial charge in [0.1, 0.15) is 0 Å². The Bertz CT molecular complexity index is 1560. The first-order chi connectivity index (χ1) is 18.5. The molecule has 6 aromatic rings. The molecule has 0 aromatic heterocycles. The third-order valence-electron chi connectivity index (χ3n) is 5.87. The second kappa shape index (κ2) is 14.2. The molecule has 0 radical (unpaired) electrons. The Hall–Kier alpha value is -3.05. The average Bonchev–Trinajstić information content (AvgIpc) is 3.34. The van der Waals surface area contributed by atoms with Crippen LogP contribution in [0.1, 0.15) is 10.4 Å². The van der Waals surface area contributed by atoms with Gasteiger partial charge in [-0.15, -0.1) is 39.7 Å². The smallest absolute Gasteiger partial charge is 0.0796 e. The van der Waals surface area contributed by atoms with Gasteiger partial charge < -0.3 is 10.5 Å². The molecule has 0 aliphatic heterocycles. The summed E-state index contributed by atoms with van der Waals surface area (Å²) >= 11 is -1.96. The van der Waals surface area contributed by atoms with Gasteiger partial charge in [0.25, 0.3) is 0 Å². The van der Waals surface area contributed by atoms with Crippen molar-refractivity contribution >= 4 is 62.6 Å². The molecule has 38 heavy (non-hydrogen) atoms. The predicted molar refractivity (Wildman–Crippen MR) is 162 cm³/mol. The quantitative estimate of drug-likeness (QED) is 0.152. The van der Waals surface area contributed by atoms with Crippen molar-refractivity contribution in [2.24, 2.45) is 0 Å². The topological polar surface area (TPSA) is 40.9 Å². The Morgan fingerprint density at radius 2 is 0.947 bits per heavy atom. The monoisotopic (exact) mass is 585 g/mol. The van der Waals surface area contributed by atoms with Gasteiger partial charge in [0.05, 0.1) is 5.91 Å². The van der Waals surface area contributed by atoms with E-state index in [1.54, 1.807) is 24.3 Å². The number of benzene rings is 5. The van der Waals surface area contributed by atoms with E-state index in [9.17, 15) is 4.79 Å². The Balaban J connectivity index is 0.000000138. The number of rotatable bonds is 3. The summed E-state index contributed by atoms with van der Waals surface area (Å²) < 4.78 is 0. The van der Waals surface area contributed by atoms with E-state index in [4.69, 9.17) is 24.3 Å². The molecule has 0 fully saturated rings. The molecule has 0 aliphatic carbocycles. The van der Waals surface area contributed by atoms with Gasteiger partial charge in [-0.3, -0.25) is 0 Å². The first-order valence-corrected chi connectivity index (χ1v) is 20.2. The van der Waals surface area contributed by atoms with Gasteiger partial charge in [0.2, 0.25) is 0 Å². The Kier molecular flexibility index (Phi) is 10.5. The van der Waals surface area contributed by atoms with Crippen molar-refractivity contribution in [3.8, 4) is 0 Å². The summed E-state index contributed by atoms with van der Waals surface area (Å²) in [6.45, 7) is 0. The molecule has 0 atom stereocenters. The molecule has 0 saturated heterocycles. The number of halogens is 2. The Morgan fingerprint density at radius 1 is 0.579 bits per heavy atom. The summed E-state index contributed by atoms with van der Waals surface area (Å²) in [6, 6.07) is 48.6. The summed E-state index contributed by atoms with van der Waals surface area (Å²) in [5, 5.41) is 8.03. The Morgan fingerprint density at radius 3 is 1.32 bits per heavy atom. The molecule has 0 unspecified atom stereocenters. The molecule has 0 heterocycles.